The molecule has 2 heterocycles. The van der Waals surface area contributed by atoms with Crippen molar-refractivity contribution in [3.63, 3.8) is 0 Å². The van der Waals surface area contributed by atoms with Crippen molar-refractivity contribution in [2.24, 2.45) is 0 Å². The highest BCUT2D eigenvalue weighted by Gasteiger charge is 2.18. The number of aromatic nitrogens is 2. The minimum absolute atomic E-state index is 0.166. The zero-order valence-corrected chi connectivity index (χ0v) is 7.98. The summed E-state index contributed by atoms with van der Waals surface area (Å²) in [5.74, 6) is 1.53. The number of halogens is 1. The van der Waals surface area contributed by atoms with Gasteiger partial charge in [0.25, 0.3) is 0 Å². The second-order valence-electron chi connectivity index (χ2n) is 2.25. The molecule has 0 aromatic carbocycles. The zero-order valence-electron chi connectivity index (χ0n) is 5.58. The molecule has 0 atom stereocenters. The van der Waals surface area contributed by atoms with E-state index < -0.39 is 0 Å². The van der Waals surface area contributed by atoms with Gasteiger partial charge < -0.3 is 0 Å². The second-order valence-corrected chi connectivity index (χ2v) is 4.02. The lowest BCUT2D eigenvalue weighted by Gasteiger charge is -2.10. The van der Waals surface area contributed by atoms with E-state index in [2.05, 4.69) is 21.0 Å². The van der Waals surface area contributed by atoms with Crippen LogP contribution in [0.5, 0.6) is 0 Å². The number of Topliss-reactive ketones (excluding diaryl/α,β-unsaturated/α-hetero) is 1. The summed E-state index contributed by atoms with van der Waals surface area (Å²) in [6.45, 7) is 0. The zero-order chi connectivity index (χ0) is 7.84. The van der Waals surface area contributed by atoms with Crippen LogP contribution < -0.4 is 0 Å². The summed E-state index contributed by atoms with van der Waals surface area (Å²) < 4.78 is 2.46. The Kier molecular flexibility index (Phi) is 1.77. The summed E-state index contributed by atoms with van der Waals surface area (Å²) in [6, 6.07) is 1.77. The molecule has 1 aromatic rings. The second kappa shape index (κ2) is 2.64. The number of carbonyl (C=O) groups excluding carboxylic acids is 1. The quantitative estimate of drug-likeness (QED) is 0.681. The first-order chi connectivity index (χ1) is 5.27. The minimum Gasteiger partial charge on any atom is -0.292 e. The standard InChI is InChI=1S/C6H5BrN2OS/c7-6-1-4-5(10)2-11-3-9(4)8-6/h1H,2-3H2. The number of nitrogens with zero attached hydrogens (tertiary/aromatic N) is 2. The maximum atomic E-state index is 11.2. The van der Waals surface area contributed by atoms with Crippen LogP contribution in [-0.2, 0) is 5.88 Å². The molecule has 58 valence electrons. The van der Waals surface area contributed by atoms with E-state index in [1.165, 1.54) is 0 Å². The van der Waals surface area contributed by atoms with Crippen molar-refractivity contribution in [3.8, 4) is 0 Å². The molecular weight excluding hydrogens is 228 g/mol. The van der Waals surface area contributed by atoms with Crippen molar-refractivity contribution >= 4 is 33.5 Å². The summed E-state index contributed by atoms with van der Waals surface area (Å²) in [5.41, 5.74) is 0.718. The Morgan fingerprint density at radius 3 is 3.27 bits per heavy atom. The SMILES string of the molecule is O=C1CSCn2nc(Br)cc21. The predicted octanol–water partition coefficient (Wildman–Crippen LogP) is 1.53. The van der Waals surface area contributed by atoms with Gasteiger partial charge in [0.05, 0.1) is 11.6 Å². The molecule has 0 fully saturated rings. The summed E-state index contributed by atoms with van der Waals surface area (Å²) in [6.07, 6.45) is 0. The third-order valence-corrected chi connectivity index (χ3v) is 2.76. The molecule has 11 heavy (non-hydrogen) atoms. The molecule has 3 nitrogen and oxygen atoms in total. The summed E-state index contributed by atoms with van der Waals surface area (Å²) >= 11 is 4.82. The molecule has 0 unspecified atom stereocenters. The van der Waals surface area contributed by atoms with Crippen molar-refractivity contribution < 1.29 is 4.79 Å². The van der Waals surface area contributed by atoms with Crippen LogP contribution in [0.1, 0.15) is 10.5 Å². The van der Waals surface area contributed by atoms with E-state index in [1.807, 2.05) is 0 Å². The number of rotatable bonds is 0. The van der Waals surface area contributed by atoms with E-state index in [-0.39, 0.29) is 5.78 Å². The lowest BCUT2D eigenvalue weighted by atomic mass is 10.3. The lowest BCUT2D eigenvalue weighted by Crippen LogP contribution is -2.17. The van der Waals surface area contributed by atoms with Crippen molar-refractivity contribution in [1.82, 2.24) is 9.78 Å². The third-order valence-electron chi connectivity index (χ3n) is 1.48. The molecule has 5 heteroatoms. The molecule has 0 aliphatic carbocycles. The van der Waals surface area contributed by atoms with Gasteiger partial charge in [0.2, 0.25) is 0 Å². The van der Waals surface area contributed by atoms with Gasteiger partial charge in [0.15, 0.2) is 5.78 Å². The topological polar surface area (TPSA) is 34.9 Å². The molecule has 0 N–H and O–H groups in total. The molecule has 0 spiro atoms. The van der Waals surface area contributed by atoms with Crippen molar-refractivity contribution in [2.75, 3.05) is 5.75 Å². The molecule has 0 saturated heterocycles. The summed E-state index contributed by atoms with van der Waals surface area (Å²) in [5, 5.41) is 4.09. The molecule has 0 radical (unpaired) electrons. The van der Waals surface area contributed by atoms with Gasteiger partial charge in [0.1, 0.15) is 10.3 Å². The van der Waals surface area contributed by atoms with Crippen LogP contribution in [0.2, 0.25) is 0 Å². The molecule has 0 saturated carbocycles. The molecule has 0 amide bonds. The van der Waals surface area contributed by atoms with Gasteiger partial charge in [-0.25, -0.2) is 0 Å². The fourth-order valence-corrected chi connectivity index (χ4v) is 2.21. The molecule has 0 bridgehead atoms. The van der Waals surface area contributed by atoms with E-state index in [1.54, 1.807) is 22.5 Å². The van der Waals surface area contributed by atoms with Crippen LogP contribution in [0.15, 0.2) is 10.7 Å². The van der Waals surface area contributed by atoms with Crippen LogP contribution in [0.4, 0.5) is 0 Å². The van der Waals surface area contributed by atoms with Gasteiger partial charge in [-0.1, -0.05) is 0 Å². The fraction of sp³-hybridized carbons (Fsp3) is 0.333. The maximum Gasteiger partial charge on any atom is 0.190 e. The maximum absolute atomic E-state index is 11.2. The van der Waals surface area contributed by atoms with E-state index in [4.69, 9.17) is 0 Å². The average molecular weight is 233 g/mol. The molecule has 1 aliphatic heterocycles. The highest BCUT2D eigenvalue weighted by Crippen LogP contribution is 2.20. The number of carbonyl (C=O) groups is 1. The van der Waals surface area contributed by atoms with E-state index in [0.717, 1.165) is 16.2 Å². The van der Waals surface area contributed by atoms with E-state index in [9.17, 15) is 4.79 Å². The van der Waals surface area contributed by atoms with Gasteiger partial charge in [-0.15, -0.1) is 11.8 Å². The molecular formula is C6H5BrN2OS. The molecule has 2 rings (SSSR count). The van der Waals surface area contributed by atoms with Gasteiger partial charge >= 0.3 is 0 Å². The van der Waals surface area contributed by atoms with Crippen LogP contribution >= 0.6 is 27.7 Å². The smallest absolute Gasteiger partial charge is 0.190 e. The fourth-order valence-electron chi connectivity index (χ4n) is 1.01. The minimum atomic E-state index is 0.166. The Hall–Kier alpha value is -0.290. The van der Waals surface area contributed by atoms with Gasteiger partial charge in [-0.2, -0.15) is 5.10 Å². The Morgan fingerprint density at radius 1 is 1.73 bits per heavy atom. The first-order valence-corrected chi connectivity index (χ1v) is 5.06. The monoisotopic (exact) mass is 232 g/mol. The Labute approximate surface area is 76.3 Å². The highest BCUT2D eigenvalue weighted by atomic mass is 79.9. The molecule has 1 aromatic heterocycles. The van der Waals surface area contributed by atoms with Crippen LogP contribution in [0.25, 0.3) is 0 Å². The number of fused-ring (bicyclic) bond motifs is 1. The predicted molar refractivity (Wildman–Crippen MR) is 46.7 cm³/mol. The normalized spacial score (nSPS) is 16.6. The lowest BCUT2D eigenvalue weighted by molar-refractivity contribution is 0.101. The largest absolute Gasteiger partial charge is 0.292 e. The summed E-state index contributed by atoms with van der Waals surface area (Å²) in [7, 11) is 0. The third kappa shape index (κ3) is 1.22. The van der Waals surface area contributed by atoms with Crippen LogP contribution in [0.3, 0.4) is 0 Å². The number of thioether (sulfide) groups is 1. The first kappa shape index (κ1) is 7.36. The number of ketones is 1. The van der Waals surface area contributed by atoms with Crippen LogP contribution in [-0.4, -0.2) is 21.3 Å². The Balaban J connectivity index is 2.52. The number of hydrogen-bond acceptors (Lipinski definition) is 3. The molecule has 1 aliphatic rings. The van der Waals surface area contributed by atoms with E-state index >= 15 is 0 Å². The van der Waals surface area contributed by atoms with Gasteiger partial charge in [-0.3, -0.25) is 9.48 Å². The van der Waals surface area contributed by atoms with Gasteiger partial charge in [-0.05, 0) is 15.9 Å². The summed E-state index contributed by atoms with van der Waals surface area (Å²) in [4.78, 5) is 11.2. The van der Waals surface area contributed by atoms with Gasteiger partial charge in [0, 0.05) is 6.07 Å². The van der Waals surface area contributed by atoms with Crippen molar-refractivity contribution in [2.45, 2.75) is 5.88 Å². The van der Waals surface area contributed by atoms with Crippen molar-refractivity contribution in [3.05, 3.63) is 16.4 Å². The average Bonchev–Trinajstić information content (AvgIpc) is 2.31. The van der Waals surface area contributed by atoms with E-state index in [0.29, 0.717) is 5.75 Å². The Bertz CT molecular complexity index is 310. The first-order valence-electron chi connectivity index (χ1n) is 3.11. The van der Waals surface area contributed by atoms with Crippen molar-refractivity contribution in [1.29, 1.82) is 0 Å². The van der Waals surface area contributed by atoms with Crippen LogP contribution in [0, 0.1) is 0 Å². The Morgan fingerprint density at radius 2 is 2.55 bits per heavy atom. The number of hydrogen-bond donors (Lipinski definition) is 0. The highest BCUT2D eigenvalue weighted by molar-refractivity contribution is 9.10.